The molecule has 30 heavy (non-hydrogen) atoms. The summed E-state index contributed by atoms with van der Waals surface area (Å²) in [5.74, 6) is 0.513. The molecule has 1 aromatic heterocycles. The first-order chi connectivity index (χ1) is 14.7. The van der Waals surface area contributed by atoms with Crippen molar-refractivity contribution in [2.45, 2.75) is 25.4 Å². The van der Waals surface area contributed by atoms with Crippen LogP contribution in [0, 0.1) is 6.92 Å². The third-order valence-electron chi connectivity index (χ3n) is 5.71. The van der Waals surface area contributed by atoms with Crippen molar-refractivity contribution in [1.82, 2.24) is 14.8 Å². The standard InChI is InChI=1S/C25H22N4O/c1-18-12-14-21(15-13-18)24(30)28-22(19-8-4-2-5-9-19)16-23(20-10-6-3-7-11-20)29-25(28)26-17-27-29/h2-15,17,22-23H,16H2,1H3/t22-,23-/m1/s1. The van der Waals surface area contributed by atoms with E-state index in [4.69, 9.17) is 0 Å². The number of aromatic nitrogens is 3. The highest BCUT2D eigenvalue weighted by molar-refractivity contribution is 6.05. The van der Waals surface area contributed by atoms with Gasteiger partial charge in [-0.1, -0.05) is 78.4 Å². The first-order valence-electron chi connectivity index (χ1n) is 10.1. The minimum atomic E-state index is -0.137. The Morgan fingerprint density at radius 3 is 2.07 bits per heavy atom. The van der Waals surface area contributed by atoms with Gasteiger partial charge < -0.3 is 0 Å². The summed E-state index contributed by atoms with van der Waals surface area (Å²) in [5, 5.41) is 4.49. The monoisotopic (exact) mass is 394 g/mol. The smallest absolute Gasteiger partial charge is 0.261 e. The summed E-state index contributed by atoms with van der Waals surface area (Å²) in [7, 11) is 0. The summed E-state index contributed by atoms with van der Waals surface area (Å²) in [4.78, 5) is 20.0. The first kappa shape index (κ1) is 18.3. The molecule has 0 saturated heterocycles. The Kier molecular flexibility index (Phi) is 4.64. The van der Waals surface area contributed by atoms with Crippen LogP contribution in [0.3, 0.4) is 0 Å². The van der Waals surface area contributed by atoms with Crippen LogP contribution >= 0.6 is 0 Å². The molecule has 0 radical (unpaired) electrons. The largest absolute Gasteiger partial charge is 0.269 e. The lowest BCUT2D eigenvalue weighted by Crippen LogP contribution is -2.42. The van der Waals surface area contributed by atoms with Gasteiger partial charge in [-0.15, -0.1) is 0 Å². The van der Waals surface area contributed by atoms with Gasteiger partial charge in [0.05, 0.1) is 12.1 Å². The molecule has 0 unspecified atom stereocenters. The molecule has 1 aliphatic heterocycles. The molecule has 2 atom stereocenters. The number of anilines is 1. The normalized spacial score (nSPS) is 18.1. The fourth-order valence-corrected chi connectivity index (χ4v) is 4.17. The third kappa shape index (κ3) is 3.18. The Balaban J connectivity index is 1.64. The number of carbonyl (C=O) groups excluding carboxylic acids is 1. The van der Waals surface area contributed by atoms with Crippen LogP contribution in [0.25, 0.3) is 0 Å². The van der Waals surface area contributed by atoms with E-state index in [-0.39, 0.29) is 18.0 Å². The van der Waals surface area contributed by atoms with Crippen LogP contribution < -0.4 is 4.90 Å². The summed E-state index contributed by atoms with van der Waals surface area (Å²) in [6.07, 6.45) is 2.26. The second-order valence-electron chi connectivity index (χ2n) is 7.63. The lowest BCUT2D eigenvalue weighted by atomic mass is 9.91. The fraction of sp³-hybridized carbons (Fsp3) is 0.160. The van der Waals surface area contributed by atoms with Gasteiger partial charge in [-0.3, -0.25) is 9.69 Å². The van der Waals surface area contributed by atoms with Crippen LogP contribution in [0.4, 0.5) is 5.95 Å². The lowest BCUT2D eigenvalue weighted by molar-refractivity contribution is 0.0963. The quantitative estimate of drug-likeness (QED) is 0.493. The highest BCUT2D eigenvalue weighted by Gasteiger charge is 2.39. The number of hydrogen-bond acceptors (Lipinski definition) is 3. The van der Waals surface area contributed by atoms with E-state index >= 15 is 0 Å². The van der Waals surface area contributed by atoms with Gasteiger partial charge in [-0.2, -0.15) is 10.1 Å². The fourth-order valence-electron chi connectivity index (χ4n) is 4.17. The summed E-state index contributed by atoms with van der Waals surface area (Å²) >= 11 is 0. The predicted molar refractivity (Wildman–Crippen MR) is 116 cm³/mol. The van der Waals surface area contributed by atoms with Crippen LogP contribution in [0.2, 0.25) is 0 Å². The molecule has 5 heteroatoms. The third-order valence-corrected chi connectivity index (χ3v) is 5.71. The maximum absolute atomic E-state index is 13.6. The number of fused-ring (bicyclic) bond motifs is 1. The Hall–Kier alpha value is -3.73. The van der Waals surface area contributed by atoms with Crippen molar-refractivity contribution in [2.75, 3.05) is 4.90 Å². The average molecular weight is 394 g/mol. The molecule has 0 fully saturated rings. The van der Waals surface area contributed by atoms with Gasteiger partial charge in [0, 0.05) is 5.56 Å². The van der Waals surface area contributed by atoms with Gasteiger partial charge in [-0.05, 0) is 36.6 Å². The van der Waals surface area contributed by atoms with Crippen LogP contribution in [0.1, 0.15) is 45.6 Å². The Morgan fingerprint density at radius 1 is 0.833 bits per heavy atom. The van der Waals surface area contributed by atoms with E-state index in [0.717, 1.165) is 23.1 Å². The number of carbonyl (C=O) groups is 1. The molecular formula is C25H22N4O. The van der Waals surface area contributed by atoms with Gasteiger partial charge in [-0.25, -0.2) is 4.68 Å². The Labute approximate surface area is 175 Å². The van der Waals surface area contributed by atoms with Gasteiger partial charge >= 0.3 is 0 Å². The number of rotatable bonds is 3. The zero-order valence-corrected chi connectivity index (χ0v) is 16.7. The molecule has 5 rings (SSSR count). The maximum Gasteiger partial charge on any atom is 0.261 e. The minimum Gasteiger partial charge on any atom is -0.269 e. The average Bonchev–Trinajstić information content (AvgIpc) is 3.29. The van der Waals surface area contributed by atoms with E-state index in [0.29, 0.717) is 11.5 Å². The number of aryl methyl sites for hydroxylation is 1. The van der Waals surface area contributed by atoms with E-state index in [1.54, 1.807) is 4.90 Å². The molecule has 0 aliphatic carbocycles. The maximum atomic E-state index is 13.6. The second-order valence-corrected chi connectivity index (χ2v) is 7.63. The number of nitrogens with zero attached hydrogens (tertiary/aromatic N) is 4. The molecule has 1 amide bonds. The van der Waals surface area contributed by atoms with Crippen molar-refractivity contribution >= 4 is 11.9 Å². The van der Waals surface area contributed by atoms with Crippen molar-refractivity contribution in [1.29, 1.82) is 0 Å². The number of hydrogen-bond donors (Lipinski definition) is 0. The van der Waals surface area contributed by atoms with E-state index in [1.165, 1.54) is 6.33 Å². The zero-order valence-electron chi connectivity index (χ0n) is 16.7. The number of benzene rings is 3. The van der Waals surface area contributed by atoms with Crippen molar-refractivity contribution in [2.24, 2.45) is 0 Å². The molecule has 5 nitrogen and oxygen atoms in total. The van der Waals surface area contributed by atoms with Gasteiger partial charge in [0.2, 0.25) is 5.95 Å². The zero-order chi connectivity index (χ0) is 20.5. The first-order valence-corrected chi connectivity index (χ1v) is 10.1. The van der Waals surface area contributed by atoms with Gasteiger partial charge in [0.25, 0.3) is 5.91 Å². The Bertz CT molecular complexity index is 1150. The summed E-state index contributed by atoms with van der Waals surface area (Å²) in [6.45, 7) is 2.02. The molecule has 148 valence electrons. The van der Waals surface area contributed by atoms with Crippen LogP contribution in [0.15, 0.2) is 91.3 Å². The Morgan fingerprint density at radius 2 is 1.43 bits per heavy atom. The van der Waals surface area contributed by atoms with Crippen LogP contribution in [-0.4, -0.2) is 20.7 Å². The molecule has 0 N–H and O–H groups in total. The molecule has 4 aromatic rings. The SMILES string of the molecule is Cc1ccc(C(=O)N2c3ncnn3[C@@H](c3ccccc3)C[C@@H]2c2ccccc2)cc1. The highest BCUT2D eigenvalue weighted by atomic mass is 16.2. The van der Waals surface area contributed by atoms with E-state index in [9.17, 15) is 4.79 Å². The van der Waals surface area contributed by atoms with E-state index in [1.807, 2.05) is 72.3 Å². The predicted octanol–water partition coefficient (Wildman–Crippen LogP) is 4.97. The molecular weight excluding hydrogens is 372 g/mol. The second kappa shape index (κ2) is 7.59. The number of amides is 1. The van der Waals surface area contributed by atoms with Crippen molar-refractivity contribution < 1.29 is 4.79 Å². The highest BCUT2D eigenvalue weighted by Crippen LogP contribution is 2.42. The summed E-state index contributed by atoms with van der Waals surface area (Å²) in [5.41, 5.74) is 4.02. The molecule has 1 aliphatic rings. The molecule has 2 heterocycles. The summed E-state index contributed by atoms with van der Waals surface area (Å²) in [6, 6.07) is 28.0. The molecule has 0 spiro atoms. The van der Waals surface area contributed by atoms with Gasteiger partial charge in [0.15, 0.2) is 0 Å². The minimum absolute atomic E-state index is 0.0102. The summed E-state index contributed by atoms with van der Waals surface area (Å²) < 4.78 is 1.88. The molecule has 0 bridgehead atoms. The van der Waals surface area contributed by atoms with Crippen LogP contribution in [-0.2, 0) is 0 Å². The van der Waals surface area contributed by atoms with Crippen LogP contribution in [0.5, 0.6) is 0 Å². The van der Waals surface area contributed by atoms with E-state index < -0.39 is 0 Å². The van der Waals surface area contributed by atoms with Crippen molar-refractivity contribution in [3.63, 3.8) is 0 Å². The molecule has 3 aromatic carbocycles. The van der Waals surface area contributed by atoms with Crippen molar-refractivity contribution in [3.8, 4) is 0 Å². The van der Waals surface area contributed by atoms with Crippen molar-refractivity contribution in [3.05, 3.63) is 114 Å². The lowest BCUT2D eigenvalue weighted by Gasteiger charge is -2.39. The topological polar surface area (TPSA) is 51.0 Å². The van der Waals surface area contributed by atoms with E-state index in [2.05, 4.69) is 34.3 Å². The molecule has 0 saturated carbocycles. The van der Waals surface area contributed by atoms with Gasteiger partial charge in [0.1, 0.15) is 6.33 Å².